The van der Waals surface area contributed by atoms with E-state index in [9.17, 15) is 17.6 Å². The van der Waals surface area contributed by atoms with Crippen LogP contribution in [-0.2, 0) is 19.6 Å². The fourth-order valence-electron chi connectivity index (χ4n) is 2.92. The predicted octanol–water partition coefficient (Wildman–Crippen LogP) is 1.76. The first-order valence-electron chi connectivity index (χ1n) is 8.33. The Morgan fingerprint density at radius 2 is 1.80 bits per heavy atom. The zero-order valence-corrected chi connectivity index (χ0v) is 15.7. The number of carbonyl (C=O) groups excluding carboxylic acids is 1. The smallest absolute Gasteiger partial charge is 0.244 e. The summed E-state index contributed by atoms with van der Waals surface area (Å²) in [6, 6.07) is 4.14. The molecule has 140 valence electrons. The Labute approximate surface area is 148 Å². The summed E-state index contributed by atoms with van der Waals surface area (Å²) in [5.41, 5.74) is 0. The van der Waals surface area contributed by atoms with Crippen molar-refractivity contribution >= 4 is 15.9 Å². The molecule has 2 unspecified atom stereocenters. The lowest BCUT2D eigenvalue weighted by Gasteiger charge is -2.38. The molecule has 6 nitrogen and oxygen atoms in total. The van der Waals surface area contributed by atoms with Crippen LogP contribution in [0.1, 0.15) is 27.7 Å². The Hall–Kier alpha value is -1.51. The maximum atomic E-state index is 13.9. The van der Waals surface area contributed by atoms with Gasteiger partial charge in [0.1, 0.15) is 16.8 Å². The Morgan fingerprint density at radius 1 is 1.24 bits per heavy atom. The maximum absolute atomic E-state index is 13.9. The molecule has 1 saturated heterocycles. The van der Waals surface area contributed by atoms with Crippen LogP contribution >= 0.6 is 0 Å². The van der Waals surface area contributed by atoms with Crippen molar-refractivity contribution in [3.63, 3.8) is 0 Å². The summed E-state index contributed by atoms with van der Waals surface area (Å²) in [5.74, 6) is -1.46. The molecule has 1 heterocycles. The Morgan fingerprint density at radius 3 is 2.32 bits per heavy atom. The number of ether oxygens (including phenoxy) is 1. The molecular weight excluding hydrogens is 347 g/mol. The molecule has 2 rings (SSSR count). The SMILES string of the molecule is CC1CN(C(=O)[C@@H](NS(=O)(=O)c2ccccc2F)C(C)C)CC(C)O1. The van der Waals surface area contributed by atoms with E-state index < -0.39 is 26.8 Å². The van der Waals surface area contributed by atoms with Crippen LogP contribution in [0.5, 0.6) is 0 Å². The third-order valence-corrected chi connectivity index (χ3v) is 5.55. The average molecular weight is 372 g/mol. The number of morpholine rings is 1. The highest BCUT2D eigenvalue weighted by Crippen LogP contribution is 2.18. The largest absolute Gasteiger partial charge is 0.372 e. The fourth-order valence-corrected chi connectivity index (χ4v) is 4.34. The van der Waals surface area contributed by atoms with Gasteiger partial charge in [-0.3, -0.25) is 4.79 Å². The molecule has 1 aromatic rings. The quantitative estimate of drug-likeness (QED) is 0.855. The lowest BCUT2D eigenvalue weighted by atomic mass is 10.0. The number of sulfonamides is 1. The van der Waals surface area contributed by atoms with Crippen LogP contribution < -0.4 is 4.72 Å². The first kappa shape index (κ1) is 19.8. The molecule has 1 N–H and O–H groups in total. The van der Waals surface area contributed by atoms with Gasteiger partial charge in [0.05, 0.1) is 12.2 Å². The van der Waals surface area contributed by atoms with E-state index in [2.05, 4.69) is 4.72 Å². The Kier molecular flexibility index (Phi) is 6.18. The summed E-state index contributed by atoms with van der Waals surface area (Å²) in [6.45, 7) is 8.02. The second kappa shape index (κ2) is 7.80. The van der Waals surface area contributed by atoms with E-state index >= 15 is 0 Å². The van der Waals surface area contributed by atoms with Crippen LogP contribution in [0.15, 0.2) is 29.2 Å². The van der Waals surface area contributed by atoms with E-state index in [1.54, 1.807) is 18.7 Å². The van der Waals surface area contributed by atoms with Crippen molar-refractivity contribution in [3.8, 4) is 0 Å². The molecular formula is C17H25FN2O4S. The van der Waals surface area contributed by atoms with Gasteiger partial charge in [0, 0.05) is 13.1 Å². The molecule has 8 heteroatoms. The normalized spacial score (nSPS) is 22.9. The summed E-state index contributed by atoms with van der Waals surface area (Å²) >= 11 is 0. The van der Waals surface area contributed by atoms with Crippen molar-refractivity contribution < 1.29 is 22.3 Å². The molecule has 1 fully saturated rings. The minimum absolute atomic E-state index is 0.122. The Balaban J connectivity index is 2.23. The molecule has 0 radical (unpaired) electrons. The van der Waals surface area contributed by atoms with Crippen molar-refractivity contribution in [1.29, 1.82) is 0 Å². The van der Waals surface area contributed by atoms with Crippen LogP contribution in [0.2, 0.25) is 0 Å². The molecule has 0 saturated carbocycles. The van der Waals surface area contributed by atoms with Gasteiger partial charge in [-0.05, 0) is 31.9 Å². The molecule has 0 bridgehead atoms. The summed E-state index contributed by atoms with van der Waals surface area (Å²) in [5, 5.41) is 0. The van der Waals surface area contributed by atoms with Gasteiger partial charge in [-0.2, -0.15) is 4.72 Å². The number of hydrogen-bond acceptors (Lipinski definition) is 4. The molecule has 1 aliphatic rings. The van der Waals surface area contributed by atoms with Gasteiger partial charge in [-0.1, -0.05) is 26.0 Å². The van der Waals surface area contributed by atoms with Crippen LogP contribution in [-0.4, -0.2) is 50.6 Å². The number of hydrogen-bond donors (Lipinski definition) is 1. The van der Waals surface area contributed by atoms with E-state index in [4.69, 9.17) is 4.74 Å². The molecule has 3 atom stereocenters. The molecule has 0 spiro atoms. The minimum Gasteiger partial charge on any atom is -0.372 e. The van der Waals surface area contributed by atoms with Crippen molar-refractivity contribution in [2.75, 3.05) is 13.1 Å². The summed E-state index contributed by atoms with van der Waals surface area (Å²) < 4.78 is 46.9. The number of halogens is 1. The van der Waals surface area contributed by atoms with Crippen molar-refractivity contribution in [1.82, 2.24) is 9.62 Å². The van der Waals surface area contributed by atoms with E-state index in [0.717, 1.165) is 6.07 Å². The van der Waals surface area contributed by atoms with E-state index in [1.807, 2.05) is 13.8 Å². The topological polar surface area (TPSA) is 75.7 Å². The van der Waals surface area contributed by atoms with Gasteiger partial charge in [-0.25, -0.2) is 12.8 Å². The van der Waals surface area contributed by atoms with Crippen LogP contribution in [0, 0.1) is 11.7 Å². The zero-order chi connectivity index (χ0) is 18.8. The summed E-state index contributed by atoms with van der Waals surface area (Å²) in [6.07, 6.45) is -0.243. The number of benzene rings is 1. The van der Waals surface area contributed by atoms with Crippen molar-refractivity contribution in [2.45, 2.75) is 50.8 Å². The third kappa shape index (κ3) is 4.77. The highest BCUT2D eigenvalue weighted by molar-refractivity contribution is 7.89. The standard InChI is InChI=1S/C17H25FN2O4S/c1-11(2)16(17(21)20-9-12(3)24-13(4)10-20)19-25(22,23)15-8-6-5-7-14(15)18/h5-8,11-13,16,19H,9-10H2,1-4H3/t12?,13?,16-/m0/s1. The van der Waals surface area contributed by atoms with Crippen molar-refractivity contribution in [3.05, 3.63) is 30.1 Å². The number of amides is 1. The highest BCUT2D eigenvalue weighted by Gasteiger charge is 2.35. The average Bonchev–Trinajstić information content (AvgIpc) is 2.51. The summed E-state index contributed by atoms with van der Waals surface area (Å²) in [4.78, 5) is 14.0. The van der Waals surface area contributed by atoms with Gasteiger partial charge in [0.2, 0.25) is 15.9 Å². The van der Waals surface area contributed by atoms with Gasteiger partial charge in [0.25, 0.3) is 0 Å². The van der Waals surface area contributed by atoms with E-state index in [0.29, 0.717) is 13.1 Å². The predicted molar refractivity (Wildman–Crippen MR) is 91.9 cm³/mol. The number of carbonyl (C=O) groups is 1. The lowest BCUT2D eigenvalue weighted by molar-refractivity contribution is -0.145. The van der Waals surface area contributed by atoms with Crippen LogP contribution in [0.4, 0.5) is 4.39 Å². The van der Waals surface area contributed by atoms with Crippen LogP contribution in [0.3, 0.4) is 0 Å². The Bertz CT molecular complexity index is 713. The molecule has 25 heavy (non-hydrogen) atoms. The van der Waals surface area contributed by atoms with Crippen molar-refractivity contribution in [2.24, 2.45) is 5.92 Å². The van der Waals surface area contributed by atoms with Gasteiger partial charge < -0.3 is 9.64 Å². The number of rotatable bonds is 5. The second-order valence-corrected chi connectivity index (χ2v) is 8.46. The first-order chi connectivity index (χ1) is 11.6. The number of nitrogens with one attached hydrogen (secondary N) is 1. The highest BCUT2D eigenvalue weighted by atomic mass is 32.2. The number of nitrogens with zero attached hydrogens (tertiary/aromatic N) is 1. The molecule has 0 aliphatic carbocycles. The molecule has 0 aromatic heterocycles. The van der Waals surface area contributed by atoms with Gasteiger partial charge in [-0.15, -0.1) is 0 Å². The van der Waals surface area contributed by atoms with Crippen LogP contribution in [0.25, 0.3) is 0 Å². The van der Waals surface area contributed by atoms with Gasteiger partial charge >= 0.3 is 0 Å². The molecule has 1 amide bonds. The van der Waals surface area contributed by atoms with E-state index in [1.165, 1.54) is 18.2 Å². The van der Waals surface area contributed by atoms with E-state index in [-0.39, 0.29) is 24.0 Å². The molecule has 1 aromatic carbocycles. The zero-order valence-electron chi connectivity index (χ0n) is 14.9. The second-order valence-electron chi connectivity index (χ2n) is 6.77. The maximum Gasteiger partial charge on any atom is 0.244 e. The monoisotopic (exact) mass is 372 g/mol. The van der Waals surface area contributed by atoms with Gasteiger partial charge in [0.15, 0.2) is 0 Å². The first-order valence-corrected chi connectivity index (χ1v) is 9.81. The molecule has 1 aliphatic heterocycles. The lowest BCUT2D eigenvalue weighted by Crippen LogP contribution is -2.56. The summed E-state index contributed by atoms with van der Waals surface area (Å²) in [7, 11) is -4.15. The fraction of sp³-hybridized carbons (Fsp3) is 0.588. The third-order valence-electron chi connectivity index (χ3n) is 4.07. The minimum atomic E-state index is -4.15.